The van der Waals surface area contributed by atoms with Crippen molar-refractivity contribution in [3.8, 4) is 0 Å². The minimum atomic E-state index is 0. The van der Waals surface area contributed by atoms with E-state index in [1.54, 1.807) is 0 Å². The van der Waals surface area contributed by atoms with E-state index in [4.69, 9.17) is 0 Å². The van der Waals surface area contributed by atoms with Gasteiger partial charge in [0.15, 0.2) is 0 Å². The standard InChI is InChI=1S/C8H12Br.Li/c1-7-2-4-8(6-9)5-3-7;/h7H,2-5H2,1H3;/q-1;+1. The maximum atomic E-state index is 3.24. The van der Waals surface area contributed by atoms with E-state index >= 15 is 0 Å². The second-order valence-corrected chi connectivity index (χ2v) is 3.28. The third-order valence-corrected chi connectivity index (χ3v) is 2.57. The normalized spacial score (nSPS) is 25.4. The predicted molar refractivity (Wildman–Crippen MR) is 43.3 cm³/mol. The fourth-order valence-corrected chi connectivity index (χ4v) is 1.60. The van der Waals surface area contributed by atoms with Gasteiger partial charge in [0, 0.05) is 0 Å². The van der Waals surface area contributed by atoms with Crippen molar-refractivity contribution in [2.45, 2.75) is 32.6 Å². The summed E-state index contributed by atoms with van der Waals surface area (Å²) in [6.45, 7) is 2.32. The van der Waals surface area contributed by atoms with E-state index in [9.17, 15) is 0 Å². The summed E-state index contributed by atoms with van der Waals surface area (Å²) < 4.78 is 0. The fourth-order valence-electron chi connectivity index (χ4n) is 1.21. The first-order valence-corrected chi connectivity index (χ1v) is 4.33. The largest absolute Gasteiger partial charge is 1.00 e. The van der Waals surface area contributed by atoms with Crippen molar-refractivity contribution in [2.75, 3.05) is 0 Å². The summed E-state index contributed by atoms with van der Waals surface area (Å²) in [7, 11) is 0. The number of allylic oxidation sites excluding steroid dienone is 1. The van der Waals surface area contributed by atoms with Gasteiger partial charge in [-0.15, -0.1) is 0 Å². The molecular formula is C8H12BrLi. The molecule has 0 nitrogen and oxygen atoms in total. The van der Waals surface area contributed by atoms with Gasteiger partial charge in [0.1, 0.15) is 0 Å². The summed E-state index contributed by atoms with van der Waals surface area (Å²) >= 11 is 3.24. The quantitative estimate of drug-likeness (QED) is 0.384. The average Bonchev–Trinajstić information content (AvgIpc) is 1.90. The summed E-state index contributed by atoms with van der Waals surface area (Å²) in [6, 6.07) is 0. The zero-order chi connectivity index (χ0) is 6.69. The van der Waals surface area contributed by atoms with Gasteiger partial charge in [0.2, 0.25) is 0 Å². The average molecular weight is 195 g/mol. The van der Waals surface area contributed by atoms with Crippen molar-refractivity contribution in [2.24, 2.45) is 5.92 Å². The van der Waals surface area contributed by atoms with Crippen molar-refractivity contribution in [1.29, 1.82) is 0 Å². The van der Waals surface area contributed by atoms with E-state index in [0.717, 1.165) is 5.92 Å². The minimum absolute atomic E-state index is 0. The van der Waals surface area contributed by atoms with Gasteiger partial charge >= 0.3 is 18.9 Å². The maximum absolute atomic E-state index is 3.24. The number of halogens is 1. The van der Waals surface area contributed by atoms with Gasteiger partial charge in [-0.25, -0.2) is 5.57 Å². The van der Waals surface area contributed by atoms with Gasteiger partial charge in [0.25, 0.3) is 0 Å². The van der Waals surface area contributed by atoms with Crippen LogP contribution in [0.4, 0.5) is 0 Å². The molecule has 0 aliphatic heterocycles. The molecule has 0 atom stereocenters. The molecule has 52 valence electrons. The molecule has 0 aromatic heterocycles. The summed E-state index contributed by atoms with van der Waals surface area (Å²) in [5.41, 5.74) is 1.47. The Morgan fingerprint density at radius 2 is 1.90 bits per heavy atom. The molecule has 0 saturated heterocycles. The van der Waals surface area contributed by atoms with Crippen LogP contribution >= 0.6 is 15.9 Å². The Balaban J connectivity index is 0.000000810. The molecule has 0 spiro atoms. The first-order valence-electron chi connectivity index (χ1n) is 3.54. The third-order valence-electron chi connectivity index (χ3n) is 2.01. The molecular weight excluding hydrogens is 183 g/mol. The predicted octanol–water partition coefficient (Wildman–Crippen LogP) is 0.282. The van der Waals surface area contributed by atoms with Crippen molar-refractivity contribution >= 4 is 15.9 Å². The van der Waals surface area contributed by atoms with E-state index in [0.29, 0.717) is 0 Å². The van der Waals surface area contributed by atoms with E-state index in [2.05, 4.69) is 27.8 Å². The van der Waals surface area contributed by atoms with E-state index in [1.165, 1.54) is 31.3 Å². The van der Waals surface area contributed by atoms with Crippen LogP contribution in [0.3, 0.4) is 0 Å². The molecule has 0 N–H and O–H groups in total. The molecule has 0 radical (unpaired) electrons. The number of hydrogen-bond acceptors (Lipinski definition) is 0. The Hall–Kier alpha value is 0.817. The summed E-state index contributed by atoms with van der Waals surface area (Å²) in [6.07, 6.45) is 5.22. The number of rotatable bonds is 0. The maximum Gasteiger partial charge on any atom is 1.00 e. The van der Waals surface area contributed by atoms with Crippen LogP contribution in [-0.4, -0.2) is 0 Å². The molecule has 1 saturated carbocycles. The Kier molecular flexibility index (Phi) is 5.91. The zero-order valence-corrected chi connectivity index (χ0v) is 8.37. The van der Waals surface area contributed by atoms with Crippen LogP contribution in [0.1, 0.15) is 32.6 Å². The molecule has 2 heteroatoms. The van der Waals surface area contributed by atoms with Crippen molar-refractivity contribution in [3.63, 3.8) is 0 Å². The van der Waals surface area contributed by atoms with Crippen LogP contribution in [0.15, 0.2) is 5.57 Å². The van der Waals surface area contributed by atoms with Crippen LogP contribution in [0.2, 0.25) is 0 Å². The second kappa shape index (κ2) is 5.47. The molecule has 10 heavy (non-hydrogen) atoms. The summed E-state index contributed by atoms with van der Waals surface area (Å²) in [4.78, 5) is 3.05. The van der Waals surface area contributed by atoms with Crippen molar-refractivity contribution in [3.05, 3.63) is 10.6 Å². The molecule has 0 aromatic rings. The zero-order valence-electron chi connectivity index (χ0n) is 6.78. The number of hydrogen-bond donors (Lipinski definition) is 0. The molecule has 0 heterocycles. The Morgan fingerprint density at radius 3 is 2.30 bits per heavy atom. The summed E-state index contributed by atoms with van der Waals surface area (Å²) in [5, 5.41) is 0. The van der Waals surface area contributed by atoms with Crippen molar-refractivity contribution < 1.29 is 18.9 Å². The molecule has 1 aliphatic carbocycles. The topological polar surface area (TPSA) is 0 Å². The molecule has 0 bridgehead atoms. The van der Waals surface area contributed by atoms with E-state index < -0.39 is 0 Å². The van der Waals surface area contributed by atoms with Gasteiger partial charge in [-0.1, -0.05) is 19.8 Å². The first kappa shape index (κ1) is 10.8. The Labute approximate surface area is 83.8 Å². The van der Waals surface area contributed by atoms with Crippen LogP contribution in [0, 0.1) is 10.9 Å². The Bertz CT molecular complexity index is 110. The third kappa shape index (κ3) is 3.28. The van der Waals surface area contributed by atoms with Gasteiger partial charge in [0.05, 0.1) is 0 Å². The van der Waals surface area contributed by atoms with Gasteiger partial charge in [-0.2, -0.15) is 0 Å². The monoisotopic (exact) mass is 194 g/mol. The minimum Gasteiger partial charge on any atom is -0.423 e. The van der Waals surface area contributed by atoms with Crippen LogP contribution in [-0.2, 0) is 0 Å². The molecule has 1 fully saturated rings. The molecule has 0 amide bonds. The van der Waals surface area contributed by atoms with Crippen LogP contribution in [0.5, 0.6) is 0 Å². The van der Waals surface area contributed by atoms with Crippen LogP contribution in [0.25, 0.3) is 0 Å². The SMILES string of the molecule is CC1CCC(=[C-]Br)CC1.[Li+]. The van der Waals surface area contributed by atoms with Gasteiger partial charge in [-0.3, -0.25) is 0 Å². The van der Waals surface area contributed by atoms with E-state index in [-0.39, 0.29) is 18.9 Å². The Morgan fingerprint density at radius 1 is 1.40 bits per heavy atom. The van der Waals surface area contributed by atoms with Crippen LogP contribution < -0.4 is 18.9 Å². The van der Waals surface area contributed by atoms with E-state index in [1.807, 2.05) is 0 Å². The molecule has 0 unspecified atom stereocenters. The fraction of sp³-hybridized carbons (Fsp3) is 0.750. The van der Waals surface area contributed by atoms with Crippen molar-refractivity contribution in [1.82, 2.24) is 0 Å². The molecule has 1 aliphatic rings. The molecule has 1 rings (SSSR count). The molecule has 0 aromatic carbocycles. The summed E-state index contributed by atoms with van der Waals surface area (Å²) in [5.74, 6) is 0.939. The smallest absolute Gasteiger partial charge is 0.423 e. The van der Waals surface area contributed by atoms with Gasteiger partial charge < -0.3 is 20.9 Å². The second-order valence-electron chi connectivity index (χ2n) is 2.88. The first-order chi connectivity index (χ1) is 4.33. The van der Waals surface area contributed by atoms with Gasteiger partial charge in [-0.05, 0) is 18.8 Å².